The number of hydrogen-bond donors (Lipinski definition) is 2. The first-order chi connectivity index (χ1) is 9.99. The lowest BCUT2D eigenvalue weighted by molar-refractivity contribution is -0.137. The highest BCUT2D eigenvalue weighted by Crippen LogP contribution is 2.29. The lowest BCUT2D eigenvalue weighted by Crippen LogP contribution is -2.38. The smallest absolute Gasteiger partial charge is 0.322 e. The van der Waals surface area contributed by atoms with E-state index in [1.807, 2.05) is 43.3 Å². The molecule has 114 valence electrons. The van der Waals surface area contributed by atoms with Gasteiger partial charge in [0, 0.05) is 26.7 Å². The molecule has 0 heterocycles. The topological polar surface area (TPSA) is 72.9 Å². The third kappa shape index (κ3) is 4.11. The number of rotatable bonds is 6. The standard InChI is InChI=1S/C15H21N3O3/c1-17(2)13-6-4-3-5-12(13)16-15(21)18(11-7-8-11)10-9-14(19)20/h3-6,11H,7-10H2,1-2H3,(H,16,21)(H,19,20). The molecule has 0 unspecified atom stereocenters. The molecule has 0 aromatic heterocycles. The van der Waals surface area contributed by atoms with Crippen LogP contribution in [0.2, 0.25) is 0 Å². The molecular weight excluding hydrogens is 270 g/mol. The average molecular weight is 291 g/mol. The molecule has 2 N–H and O–H groups in total. The van der Waals surface area contributed by atoms with E-state index in [2.05, 4.69) is 5.32 Å². The second kappa shape index (κ2) is 6.47. The van der Waals surface area contributed by atoms with Crippen LogP contribution in [-0.2, 0) is 4.79 Å². The summed E-state index contributed by atoms with van der Waals surface area (Å²) in [4.78, 5) is 26.6. The summed E-state index contributed by atoms with van der Waals surface area (Å²) in [6, 6.07) is 7.49. The van der Waals surface area contributed by atoms with E-state index in [9.17, 15) is 9.59 Å². The van der Waals surface area contributed by atoms with Crippen molar-refractivity contribution in [2.75, 3.05) is 30.9 Å². The van der Waals surface area contributed by atoms with Crippen LogP contribution in [0.1, 0.15) is 19.3 Å². The predicted octanol–water partition coefficient (Wildman–Crippen LogP) is 2.22. The predicted molar refractivity (Wildman–Crippen MR) is 81.8 cm³/mol. The number of carboxylic acid groups (broad SMARTS) is 1. The molecule has 1 aromatic carbocycles. The van der Waals surface area contributed by atoms with Gasteiger partial charge in [-0.25, -0.2) is 4.79 Å². The molecule has 21 heavy (non-hydrogen) atoms. The molecule has 1 fully saturated rings. The van der Waals surface area contributed by atoms with Crippen molar-refractivity contribution in [1.82, 2.24) is 4.90 Å². The van der Waals surface area contributed by atoms with Crippen LogP contribution in [0.25, 0.3) is 0 Å². The van der Waals surface area contributed by atoms with Gasteiger partial charge in [0.05, 0.1) is 17.8 Å². The third-order valence-corrected chi connectivity index (χ3v) is 3.44. The number of carboxylic acids is 1. The number of nitrogens with one attached hydrogen (secondary N) is 1. The summed E-state index contributed by atoms with van der Waals surface area (Å²) in [6.45, 7) is 0.246. The van der Waals surface area contributed by atoms with Crippen molar-refractivity contribution in [3.05, 3.63) is 24.3 Å². The van der Waals surface area contributed by atoms with Crippen LogP contribution in [0.15, 0.2) is 24.3 Å². The highest BCUT2D eigenvalue weighted by Gasteiger charge is 2.32. The molecule has 2 rings (SSSR count). The Morgan fingerprint density at radius 2 is 1.95 bits per heavy atom. The Bertz CT molecular complexity index is 527. The fourth-order valence-corrected chi connectivity index (χ4v) is 2.21. The van der Waals surface area contributed by atoms with Gasteiger partial charge >= 0.3 is 12.0 Å². The highest BCUT2D eigenvalue weighted by atomic mass is 16.4. The van der Waals surface area contributed by atoms with Crippen LogP contribution in [-0.4, -0.2) is 48.7 Å². The maximum Gasteiger partial charge on any atom is 0.322 e. The Morgan fingerprint density at radius 1 is 1.29 bits per heavy atom. The Balaban J connectivity index is 2.06. The number of anilines is 2. The number of amides is 2. The quantitative estimate of drug-likeness (QED) is 0.843. The Kier molecular flexibility index (Phi) is 4.67. The van der Waals surface area contributed by atoms with Gasteiger partial charge in [-0.15, -0.1) is 0 Å². The van der Waals surface area contributed by atoms with E-state index in [-0.39, 0.29) is 25.0 Å². The van der Waals surface area contributed by atoms with Gasteiger partial charge in [-0.1, -0.05) is 12.1 Å². The van der Waals surface area contributed by atoms with Crippen molar-refractivity contribution in [3.63, 3.8) is 0 Å². The van der Waals surface area contributed by atoms with Crippen LogP contribution in [0.3, 0.4) is 0 Å². The molecule has 6 heteroatoms. The lowest BCUT2D eigenvalue weighted by Gasteiger charge is -2.24. The van der Waals surface area contributed by atoms with Crippen molar-refractivity contribution in [3.8, 4) is 0 Å². The fourth-order valence-electron chi connectivity index (χ4n) is 2.21. The van der Waals surface area contributed by atoms with Gasteiger partial charge in [0.15, 0.2) is 0 Å². The average Bonchev–Trinajstić information content (AvgIpc) is 3.23. The first-order valence-electron chi connectivity index (χ1n) is 7.05. The van der Waals surface area contributed by atoms with Gasteiger partial charge in [-0.2, -0.15) is 0 Å². The van der Waals surface area contributed by atoms with Gasteiger partial charge < -0.3 is 20.2 Å². The summed E-state index contributed by atoms with van der Waals surface area (Å²) in [5, 5.41) is 11.7. The molecular formula is C15H21N3O3. The number of carbonyl (C=O) groups is 2. The number of aliphatic carboxylic acids is 1. The molecule has 0 atom stereocenters. The number of benzene rings is 1. The molecule has 1 aromatic rings. The van der Waals surface area contributed by atoms with Crippen LogP contribution in [0.4, 0.5) is 16.2 Å². The molecule has 2 amide bonds. The van der Waals surface area contributed by atoms with Gasteiger partial charge in [0.1, 0.15) is 0 Å². The van der Waals surface area contributed by atoms with Crippen molar-refractivity contribution < 1.29 is 14.7 Å². The van der Waals surface area contributed by atoms with Crippen LogP contribution in [0.5, 0.6) is 0 Å². The highest BCUT2D eigenvalue weighted by molar-refractivity contribution is 5.93. The van der Waals surface area contributed by atoms with Crippen molar-refractivity contribution >= 4 is 23.4 Å². The number of carbonyl (C=O) groups excluding carboxylic acids is 1. The number of urea groups is 1. The molecule has 0 radical (unpaired) electrons. The zero-order valence-corrected chi connectivity index (χ0v) is 12.4. The Morgan fingerprint density at radius 3 is 2.52 bits per heavy atom. The van der Waals surface area contributed by atoms with Crippen LogP contribution >= 0.6 is 0 Å². The van der Waals surface area contributed by atoms with E-state index in [0.29, 0.717) is 0 Å². The number of nitrogens with zero attached hydrogens (tertiary/aromatic N) is 2. The summed E-state index contributed by atoms with van der Waals surface area (Å²) in [7, 11) is 3.82. The van der Waals surface area contributed by atoms with E-state index in [4.69, 9.17) is 5.11 Å². The van der Waals surface area contributed by atoms with Crippen LogP contribution < -0.4 is 10.2 Å². The molecule has 0 aliphatic heterocycles. The molecule has 6 nitrogen and oxygen atoms in total. The zero-order chi connectivity index (χ0) is 15.4. The van der Waals surface area contributed by atoms with Gasteiger partial charge in [-0.05, 0) is 25.0 Å². The SMILES string of the molecule is CN(C)c1ccccc1NC(=O)N(CCC(=O)O)C1CC1. The Hall–Kier alpha value is -2.24. The third-order valence-electron chi connectivity index (χ3n) is 3.44. The van der Waals surface area contributed by atoms with Crippen molar-refractivity contribution in [1.29, 1.82) is 0 Å². The van der Waals surface area contributed by atoms with Gasteiger partial charge in [0.2, 0.25) is 0 Å². The zero-order valence-electron chi connectivity index (χ0n) is 12.4. The maximum absolute atomic E-state index is 12.4. The van der Waals surface area contributed by atoms with Gasteiger partial charge in [-0.3, -0.25) is 4.79 Å². The summed E-state index contributed by atoms with van der Waals surface area (Å²) in [5.41, 5.74) is 1.65. The van der Waals surface area contributed by atoms with E-state index in [1.165, 1.54) is 0 Å². The molecule has 1 aliphatic carbocycles. The van der Waals surface area contributed by atoms with E-state index < -0.39 is 5.97 Å². The molecule has 1 saturated carbocycles. The fraction of sp³-hybridized carbons (Fsp3) is 0.467. The Labute approximate surface area is 124 Å². The molecule has 1 aliphatic rings. The first-order valence-corrected chi connectivity index (χ1v) is 7.05. The maximum atomic E-state index is 12.4. The minimum atomic E-state index is -0.887. The second-order valence-corrected chi connectivity index (χ2v) is 5.41. The summed E-state index contributed by atoms with van der Waals surface area (Å²) < 4.78 is 0. The lowest BCUT2D eigenvalue weighted by atomic mass is 10.2. The molecule has 0 saturated heterocycles. The minimum Gasteiger partial charge on any atom is -0.481 e. The summed E-state index contributed by atoms with van der Waals surface area (Å²) in [5.74, 6) is -0.887. The van der Waals surface area contributed by atoms with E-state index in [0.717, 1.165) is 24.2 Å². The summed E-state index contributed by atoms with van der Waals surface area (Å²) >= 11 is 0. The van der Waals surface area contributed by atoms with Crippen molar-refractivity contribution in [2.24, 2.45) is 0 Å². The monoisotopic (exact) mass is 291 g/mol. The number of hydrogen-bond acceptors (Lipinski definition) is 3. The summed E-state index contributed by atoms with van der Waals surface area (Å²) in [6.07, 6.45) is 1.87. The van der Waals surface area contributed by atoms with Crippen molar-refractivity contribution in [2.45, 2.75) is 25.3 Å². The molecule has 0 bridgehead atoms. The van der Waals surface area contributed by atoms with Crippen LogP contribution in [0, 0.1) is 0 Å². The largest absolute Gasteiger partial charge is 0.481 e. The molecule has 0 spiro atoms. The van der Waals surface area contributed by atoms with Gasteiger partial charge in [0.25, 0.3) is 0 Å². The van der Waals surface area contributed by atoms with E-state index in [1.54, 1.807) is 4.90 Å². The number of para-hydroxylation sites is 2. The van der Waals surface area contributed by atoms with E-state index >= 15 is 0 Å². The first kappa shape index (κ1) is 15.2. The normalized spacial score (nSPS) is 13.6. The second-order valence-electron chi connectivity index (χ2n) is 5.41. The minimum absolute atomic E-state index is 0.0285.